The SMILES string of the molecule is C=C(c1cc(F)ccc1CC)N(CC)C(C)C. The molecule has 0 bridgehead atoms. The molecule has 1 aromatic carbocycles. The molecule has 1 rings (SSSR count). The Labute approximate surface area is 104 Å². The molecule has 1 aromatic rings. The number of hydrogen-bond acceptors (Lipinski definition) is 1. The van der Waals surface area contributed by atoms with Crippen molar-refractivity contribution in [2.24, 2.45) is 0 Å². The first-order valence-electron chi connectivity index (χ1n) is 6.25. The molecule has 0 amide bonds. The molecule has 0 aliphatic heterocycles. The van der Waals surface area contributed by atoms with Gasteiger partial charge >= 0.3 is 0 Å². The third-order valence-electron chi connectivity index (χ3n) is 3.07. The van der Waals surface area contributed by atoms with Crippen LogP contribution in [-0.2, 0) is 6.42 Å². The third kappa shape index (κ3) is 3.09. The summed E-state index contributed by atoms with van der Waals surface area (Å²) in [7, 11) is 0. The van der Waals surface area contributed by atoms with Crippen LogP contribution in [-0.4, -0.2) is 17.5 Å². The molecule has 2 heteroatoms. The number of nitrogens with zero attached hydrogens (tertiary/aromatic N) is 1. The minimum atomic E-state index is -0.196. The van der Waals surface area contributed by atoms with Gasteiger partial charge in [-0.3, -0.25) is 0 Å². The second-order valence-corrected chi connectivity index (χ2v) is 4.48. The fourth-order valence-electron chi connectivity index (χ4n) is 2.15. The number of benzene rings is 1. The Morgan fingerprint density at radius 1 is 1.35 bits per heavy atom. The van der Waals surface area contributed by atoms with Crippen LogP contribution in [0.15, 0.2) is 24.8 Å². The van der Waals surface area contributed by atoms with E-state index >= 15 is 0 Å². The monoisotopic (exact) mass is 235 g/mol. The average Bonchev–Trinajstić information content (AvgIpc) is 2.29. The van der Waals surface area contributed by atoms with Crippen molar-refractivity contribution in [3.63, 3.8) is 0 Å². The maximum atomic E-state index is 13.4. The molecule has 0 heterocycles. The molecule has 0 unspecified atom stereocenters. The summed E-state index contributed by atoms with van der Waals surface area (Å²) >= 11 is 0. The molecular weight excluding hydrogens is 213 g/mol. The van der Waals surface area contributed by atoms with Gasteiger partial charge in [-0.15, -0.1) is 0 Å². The van der Waals surface area contributed by atoms with E-state index in [2.05, 4.69) is 39.2 Å². The number of aryl methyl sites for hydroxylation is 1. The summed E-state index contributed by atoms with van der Waals surface area (Å²) in [5.41, 5.74) is 3.00. The highest BCUT2D eigenvalue weighted by molar-refractivity contribution is 5.65. The maximum absolute atomic E-state index is 13.4. The Morgan fingerprint density at radius 2 is 2.00 bits per heavy atom. The van der Waals surface area contributed by atoms with Crippen molar-refractivity contribution in [3.05, 3.63) is 41.7 Å². The molecule has 0 fully saturated rings. The van der Waals surface area contributed by atoms with Crippen molar-refractivity contribution >= 4 is 5.70 Å². The predicted molar refractivity (Wildman–Crippen MR) is 72.3 cm³/mol. The lowest BCUT2D eigenvalue weighted by atomic mass is 10.0. The molecule has 0 aliphatic carbocycles. The zero-order chi connectivity index (χ0) is 13.0. The van der Waals surface area contributed by atoms with E-state index in [1.54, 1.807) is 6.07 Å². The van der Waals surface area contributed by atoms with Gasteiger partial charge in [0.2, 0.25) is 0 Å². The Balaban J connectivity index is 3.13. The van der Waals surface area contributed by atoms with Gasteiger partial charge in [-0.1, -0.05) is 19.6 Å². The van der Waals surface area contributed by atoms with Crippen LogP contribution in [0.1, 0.15) is 38.8 Å². The molecule has 0 atom stereocenters. The average molecular weight is 235 g/mol. The van der Waals surface area contributed by atoms with Gasteiger partial charge in [0.05, 0.1) is 0 Å². The molecule has 0 aromatic heterocycles. The van der Waals surface area contributed by atoms with Crippen LogP contribution >= 0.6 is 0 Å². The molecule has 0 N–H and O–H groups in total. The standard InChI is InChI=1S/C15H22FN/c1-6-13-8-9-14(16)10-15(13)12(5)17(7-2)11(3)4/h8-11H,5-7H2,1-4H3. The second kappa shape index (κ2) is 5.85. The summed E-state index contributed by atoms with van der Waals surface area (Å²) in [5, 5.41) is 0. The molecular formula is C15H22FN. The molecule has 94 valence electrons. The van der Waals surface area contributed by atoms with E-state index in [0.717, 1.165) is 29.8 Å². The van der Waals surface area contributed by atoms with Gasteiger partial charge in [-0.2, -0.15) is 0 Å². The predicted octanol–water partition coefficient (Wildman–Crippen LogP) is 4.09. The minimum absolute atomic E-state index is 0.196. The summed E-state index contributed by atoms with van der Waals surface area (Å²) in [6.07, 6.45) is 0.893. The minimum Gasteiger partial charge on any atom is -0.369 e. The Kier molecular flexibility index (Phi) is 4.73. The zero-order valence-corrected chi connectivity index (χ0v) is 11.3. The summed E-state index contributed by atoms with van der Waals surface area (Å²) < 4.78 is 13.4. The van der Waals surface area contributed by atoms with Crippen LogP contribution in [0.25, 0.3) is 5.70 Å². The lowest BCUT2D eigenvalue weighted by Gasteiger charge is -2.30. The highest BCUT2D eigenvalue weighted by Crippen LogP contribution is 2.24. The van der Waals surface area contributed by atoms with E-state index < -0.39 is 0 Å². The van der Waals surface area contributed by atoms with Crippen LogP contribution in [0.4, 0.5) is 4.39 Å². The molecule has 0 spiro atoms. The lowest BCUT2D eigenvalue weighted by molar-refractivity contribution is 0.347. The molecule has 0 saturated carbocycles. The van der Waals surface area contributed by atoms with Crippen LogP contribution in [0.2, 0.25) is 0 Å². The van der Waals surface area contributed by atoms with Crippen molar-refractivity contribution in [2.75, 3.05) is 6.54 Å². The fraction of sp³-hybridized carbons (Fsp3) is 0.467. The maximum Gasteiger partial charge on any atom is 0.123 e. The second-order valence-electron chi connectivity index (χ2n) is 4.48. The Morgan fingerprint density at radius 3 is 2.47 bits per heavy atom. The fourth-order valence-corrected chi connectivity index (χ4v) is 2.15. The van der Waals surface area contributed by atoms with Crippen molar-refractivity contribution in [2.45, 2.75) is 40.2 Å². The first kappa shape index (κ1) is 13.8. The lowest BCUT2D eigenvalue weighted by Crippen LogP contribution is -2.29. The van der Waals surface area contributed by atoms with Gasteiger partial charge in [0, 0.05) is 23.8 Å². The third-order valence-corrected chi connectivity index (χ3v) is 3.07. The topological polar surface area (TPSA) is 3.24 Å². The van der Waals surface area contributed by atoms with Crippen LogP contribution in [0.3, 0.4) is 0 Å². The van der Waals surface area contributed by atoms with Gasteiger partial charge in [0.25, 0.3) is 0 Å². The zero-order valence-electron chi connectivity index (χ0n) is 11.3. The molecule has 0 radical (unpaired) electrons. The summed E-state index contributed by atoms with van der Waals surface area (Å²) in [6, 6.07) is 5.33. The van der Waals surface area contributed by atoms with E-state index in [4.69, 9.17) is 0 Å². The van der Waals surface area contributed by atoms with Crippen LogP contribution in [0, 0.1) is 5.82 Å². The molecule has 1 nitrogen and oxygen atoms in total. The van der Waals surface area contributed by atoms with Crippen molar-refractivity contribution < 1.29 is 4.39 Å². The van der Waals surface area contributed by atoms with Crippen molar-refractivity contribution in [1.82, 2.24) is 4.90 Å². The normalized spacial score (nSPS) is 10.7. The van der Waals surface area contributed by atoms with E-state index in [9.17, 15) is 4.39 Å². The van der Waals surface area contributed by atoms with Gasteiger partial charge in [0.1, 0.15) is 5.82 Å². The summed E-state index contributed by atoms with van der Waals surface area (Å²) in [5.74, 6) is -0.196. The Hall–Kier alpha value is -1.31. The summed E-state index contributed by atoms with van der Waals surface area (Å²) in [6.45, 7) is 13.4. The Bertz CT molecular complexity index is 396. The molecule has 0 aliphatic rings. The smallest absolute Gasteiger partial charge is 0.123 e. The number of hydrogen-bond donors (Lipinski definition) is 0. The van der Waals surface area contributed by atoms with Gasteiger partial charge < -0.3 is 4.90 Å². The van der Waals surface area contributed by atoms with Crippen LogP contribution in [0.5, 0.6) is 0 Å². The number of rotatable bonds is 5. The van der Waals surface area contributed by atoms with Gasteiger partial charge in [0.15, 0.2) is 0 Å². The van der Waals surface area contributed by atoms with Crippen molar-refractivity contribution in [1.29, 1.82) is 0 Å². The van der Waals surface area contributed by atoms with Crippen molar-refractivity contribution in [3.8, 4) is 0 Å². The van der Waals surface area contributed by atoms with E-state index in [-0.39, 0.29) is 5.82 Å². The highest BCUT2D eigenvalue weighted by Gasteiger charge is 2.14. The van der Waals surface area contributed by atoms with Crippen LogP contribution < -0.4 is 0 Å². The van der Waals surface area contributed by atoms with Gasteiger partial charge in [-0.25, -0.2) is 4.39 Å². The van der Waals surface area contributed by atoms with E-state index in [0.29, 0.717) is 6.04 Å². The first-order chi connectivity index (χ1) is 8.01. The van der Waals surface area contributed by atoms with E-state index in [1.165, 1.54) is 6.07 Å². The number of halogens is 1. The highest BCUT2D eigenvalue weighted by atomic mass is 19.1. The largest absolute Gasteiger partial charge is 0.369 e. The van der Waals surface area contributed by atoms with Gasteiger partial charge in [-0.05, 0) is 44.9 Å². The molecule has 17 heavy (non-hydrogen) atoms. The quantitative estimate of drug-likeness (QED) is 0.743. The first-order valence-corrected chi connectivity index (χ1v) is 6.25. The van der Waals surface area contributed by atoms with E-state index in [1.807, 2.05) is 6.07 Å². The molecule has 0 saturated heterocycles. The summed E-state index contributed by atoms with van der Waals surface area (Å²) in [4.78, 5) is 2.19.